The molecule has 3 aliphatic rings. The minimum absolute atomic E-state index is 0.00644. The number of halogens is 2. The van der Waals surface area contributed by atoms with Gasteiger partial charge in [-0.3, -0.25) is 14.4 Å². The van der Waals surface area contributed by atoms with Gasteiger partial charge >= 0.3 is 0 Å². The van der Waals surface area contributed by atoms with Crippen molar-refractivity contribution < 1.29 is 23.9 Å². The number of hydrogen-bond donors (Lipinski definition) is 1. The van der Waals surface area contributed by atoms with Gasteiger partial charge in [-0.25, -0.2) is 4.39 Å². The van der Waals surface area contributed by atoms with E-state index in [4.69, 9.17) is 11.6 Å². The van der Waals surface area contributed by atoms with E-state index in [1.165, 1.54) is 19.1 Å². The van der Waals surface area contributed by atoms with Crippen molar-refractivity contribution in [1.29, 1.82) is 0 Å². The maximum absolute atomic E-state index is 13.4. The van der Waals surface area contributed by atoms with Gasteiger partial charge < -0.3 is 14.9 Å². The topological polar surface area (TPSA) is 77.9 Å². The zero-order valence-electron chi connectivity index (χ0n) is 15.5. The summed E-state index contributed by atoms with van der Waals surface area (Å²) in [6.45, 7) is 3.12. The Balaban J connectivity index is 1.37. The number of Topliss-reactive ketones (excluding diaryl/α,β-unsaturated/α-hetero) is 1. The van der Waals surface area contributed by atoms with E-state index >= 15 is 0 Å². The molecule has 1 N–H and O–H groups in total. The summed E-state index contributed by atoms with van der Waals surface area (Å²) in [6, 6.07) is 4.04. The molecule has 8 heteroatoms. The second-order valence-corrected chi connectivity index (χ2v) is 8.49. The quantitative estimate of drug-likeness (QED) is 0.747. The van der Waals surface area contributed by atoms with E-state index in [1.54, 1.807) is 15.9 Å². The lowest BCUT2D eigenvalue weighted by Crippen LogP contribution is -2.48. The molecule has 1 aromatic rings. The van der Waals surface area contributed by atoms with Gasteiger partial charge in [-0.2, -0.15) is 0 Å². The van der Waals surface area contributed by atoms with E-state index in [0.717, 1.165) is 0 Å². The fourth-order valence-corrected chi connectivity index (χ4v) is 4.95. The predicted molar refractivity (Wildman–Crippen MR) is 99.0 cm³/mol. The highest BCUT2D eigenvalue weighted by molar-refractivity contribution is 6.30. The number of likely N-dealkylation sites (tertiary alicyclic amines) is 2. The fraction of sp³-hybridized carbons (Fsp3) is 0.550. The minimum atomic E-state index is -2.01. The minimum Gasteiger partial charge on any atom is -0.373 e. The summed E-state index contributed by atoms with van der Waals surface area (Å²) in [5.41, 5.74) is -1.46. The molecule has 2 amide bonds. The van der Waals surface area contributed by atoms with E-state index in [2.05, 4.69) is 0 Å². The van der Waals surface area contributed by atoms with Crippen LogP contribution >= 0.6 is 11.6 Å². The molecular weight excluding hydrogens is 387 g/mol. The molecule has 3 fully saturated rings. The van der Waals surface area contributed by atoms with E-state index in [1.807, 2.05) is 0 Å². The summed E-state index contributed by atoms with van der Waals surface area (Å²) in [6.07, 6.45) is 0.209. The number of ketones is 1. The SMILES string of the molecule is CC(=O)N1C[C@@H]2C(N3CCC(O)(C(=O)CCc4cc(F)cc(Cl)c4)C3=O)[C@@H]2C1. The van der Waals surface area contributed by atoms with Gasteiger partial charge in [0.15, 0.2) is 5.78 Å². The Labute approximate surface area is 167 Å². The number of aryl methyl sites for hydroxylation is 1. The lowest BCUT2D eigenvalue weighted by atomic mass is 9.92. The number of nitrogens with zero attached hydrogens (tertiary/aromatic N) is 2. The Morgan fingerprint density at radius 3 is 2.57 bits per heavy atom. The molecule has 0 bridgehead atoms. The van der Waals surface area contributed by atoms with Crippen LogP contribution < -0.4 is 0 Å². The van der Waals surface area contributed by atoms with Crippen molar-refractivity contribution in [3.8, 4) is 0 Å². The summed E-state index contributed by atoms with van der Waals surface area (Å²) in [4.78, 5) is 40.3. The van der Waals surface area contributed by atoms with Crippen molar-refractivity contribution in [2.45, 2.75) is 37.8 Å². The predicted octanol–water partition coefficient (Wildman–Crippen LogP) is 1.42. The van der Waals surface area contributed by atoms with Gasteiger partial charge in [0.2, 0.25) is 11.5 Å². The molecule has 2 saturated heterocycles. The molecule has 6 nitrogen and oxygen atoms in total. The zero-order valence-corrected chi connectivity index (χ0v) is 16.3. The van der Waals surface area contributed by atoms with Crippen molar-refractivity contribution in [3.05, 3.63) is 34.6 Å². The van der Waals surface area contributed by atoms with Gasteiger partial charge in [-0.15, -0.1) is 0 Å². The van der Waals surface area contributed by atoms with Crippen LogP contribution in [0, 0.1) is 17.7 Å². The van der Waals surface area contributed by atoms with Gasteiger partial charge in [0.1, 0.15) is 5.82 Å². The maximum Gasteiger partial charge on any atom is 0.262 e. The Kier molecular flexibility index (Phi) is 4.70. The number of aliphatic hydroxyl groups is 1. The smallest absolute Gasteiger partial charge is 0.262 e. The number of amides is 2. The Bertz CT molecular complexity index is 830. The monoisotopic (exact) mass is 408 g/mol. The normalized spacial score (nSPS) is 31.3. The standard InChI is InChI=1S/C20H22ClFN2O4/c1-11(25)23-9-15-16(10-23)18(15)24-5-4-20(28,19(24)27)17(26)3-2-12-6-13(21)8-14(22)7-12/h6-8,15-16,18,28H,2-5,9-10H2,1H3/t15-,16+,18?,20?. The summed E-state index contributed by atoms with van der Waals surface area (Å²) in [7, 11) is 0. The third-order valence-electron chi connectivity index (χ3n) is 6.31. The average molecular weight is 409 g/mol. The molecular formula is C20H22ClFN2O4. The van der Waals surface area contributed by atoms with E-state index in [0.29, 0.717) is 25.2 Å². The molecule has 4 atom stereocenters. The molecule has 0 radical (unpaired) electrons. The largest absolute Gasteiger partial charge is 0.373 e. The number of hydrogen-bond acceptors (Lipinski definition) is 4. The first-order valence-electron chi connectivity index (χ1n) is 9.48. The zero-order chi connectivity index (χ0) is 20.2. The molecule has 4 rings (SSSR count). The van der Waals surface area contributed by atoms with Crippen LogP contribution in [0.3, 0.4) is 0 Å². The van der Waals surface area contributed by atoms with Crippen LogP contribution in [-0.2, 0) is 20.8 Å². The molecule has 0 aromatic heterocycles. The number of carbonyl (C=O) groups is 3. The van der Waals surface area contributed by atoms with Crippen molar-refractivity contribution in [2.24, 2.45) is 11.8 Å². The summed E-state index contributed by atoms with van der Waals surface area (Å²) in [5, 5.41) is 11.0. The van der Waals surface area contributed by atoms with Crippen LogP contribution in [0.15, 0.2) is 18.2 Å². The first kappa shape index (κ1) is 19.3. The number of fused-ring (bicyclic) bond motifs is 1. The van der Waals surface area contributed by atoms with Crippen molar-refractivity contribution in [1.82, 2.24) is 9.80 Å². The second kappa shape index (κ2) is 6.81. The van der Waals surface area contributed by atoms with Crippen LogP contribution in [0.5, 0.6) is 0 Å². The molecule has 28 heavy (non-hydrogen) atoms. The van der Waals surface area contributed by atoms with Gasteiger partial charge in [0, 0.05) is 62.3 Å². The molecule has 1 aromatic carbocycles. The highest BCUT2D eigenvalue weighted by atomic mass is 35.5. The van der Waals surface area contributed by atoms with Crippen LogP contribution in [0.1, 0.15) is 25.3 Å². The van der Waals surface area contributed by atoms with Crippen molar-refractivity contribution in [3.63, 3.8) is 0 Å². The average Bonchev–Trinajstić information content (AvgIpc) is 2.97. The van der Waals surface area contributed by atoms with Crippen molar-refractivity contribution in [2.75, 3.05) is 19.6 Å². The third-order valence-corrected chi connectivity index (χ3v) is 6.53. The number of piperidine rings is 1. The maximum atomic E-state index is 13.4. The van der Waals surface area contributed by atoms with Crippen LogP contribution in [-0.4, -0.2) is 63.8 Å². The second-order valence-electron chi connectivity index (χ2n) is 8.05. The summed E-state index contributed by atoms with van der Waals surface area (Å²) >= 11 is 5.82. The molecule has 1 aliphatic carbocycles. The number of benzene rings is 1. The fourth-order valence-electron chi connectivity index (χ4n) is 4.71. The van der Waals surface area contributed by atoms with Gasteiger partial charge in [0.05, 0.1) is 0 Å². The van der Waals surface area contributed by atoms with E-state index in [-0.39, 0.29) is 48.1 Å². The lowest BCUT2D eigenvalue weighted by Gasteiger charge is -2.25. The Hall–Kier alpha value is -1.99. The van der Waals surface area contributed by atoms with Gasteiger partial charge in [-0.1, -0.05) is 11.6 Å². The van der Waals surface area contributed by atoms with E-state index in [9.17, 15) is 23.9 Å². The lowest BCUT2D eigenvalue weighted by molar-refractivity contribution is -0.153. The molecule has 1 saturated carbocycles. The van der Waals surface area contributed by atoms with Gasteiger partial charge in [-0.05, 0) is 30.2 Å². The van der Waals surface area contributed by atoms with Gasteiger partial charge in [0.25, 0.3) is 5.91 Å². The summed E-state index contributed by atoms with van der Waals surface area (Å²) < 4.78 is 13.4. The Morgan fingerprint density at radius 2 is 1.96 bits per heavy atom. The first-order chi connectivity index (χ1) is 13.2. The van der Waals surface area contributed by atoms with Crippen LogP contribution in [0.2, 0.25) is 5.02 Å². The van der Waals surface area contributed by atoms with Crippen LogP contribution in [0.4, 0.5) is 4.39 Å². The highest BCUT2D eigenvalue weighted by Crippen LogP contribution is 2.50. The van der Waals surface area contributed by atoms with E-state index < -0.39 is 23.1 Å². The third kappa shape index (κ3) is 3.20. The molecule has 0 spiro atoms. The van der Waals surface area contributed by atoms with Crippen molar-refractivity contribution >= 4 is 29.2 Å². The highest BCUT2D eigenvalue weighted by Gasteiger charge is 2.64. The molecule has 2 heterocycles. The molecule has 150 valence electrons. The number of rotatable bonds is 5. The summed E-state index contributed by atoms with van der Waals surface area (Å²) in [5.74, 6) is -1.07. The van der Waals surface area contributed by atoms with Crippen LogP contribution in [0.25, 0.3) is 0 Å². The molecule has 2 aliphatic heterocycles. The number of carbonyl (C=O) groups excluding carboxylic acids is 3. The molecule has 2 unspecified atom stereocenters. The Morgan fingerprint density at radius 1 is 1.29 bits per heavy atom. The first-order valence-corrected chi connectivity index (χ1v) is 9.86.